The first-order valence-electron chi connectivity index (χ1n) is 11.5. The summed E-state index contributed by atoms with van der Waals surface area (Å²) < 4.78 is 19.7. The number of aromatic nitrogens is 4. The Morgan fingerprint density at radius 2 is 1.94 bits per heavy atom. The number of aromatic amines is 1. The van der Waals surface area contributed by atoms with Crippen molar-refractivity contribution < 1.29 is 19.0 Å². The van der Waals surface area contributed by atoms with Crippen LogP contribution >= 0.6 is 11.6 Å². The molecular weight excluding hydrogens is 485 g/mol. The number of ether oxygens (including phenoxy) is 1. The van der Waals surface area contributed by atoms with Crippen molar-refractivity contribution in [3.8, 4) is 16.9 Å². The van der Waals surface area contributed by atoms with Crippen molar-refractivity contribution in [2.45, 2.75) is 25.7 Å². The van der Waals surface area contributed by atoms with Gasteiger partial charge in [-0.05, 0) is 66.8 Å². The zero-order valence-electron chi connectivity index (χ0n) is 19.4. The van der Waals surface area contributed by atoms with E-state index in [-0.39, 0.29) is 24.7 Å². The molecule has 1 amide bonds. The summed E-state index contributed by atoms with van der Waals surface area (Å²) in [6, 6.07) is 15.2. The smallest absolute Gasteiger partial charge is 0.294 e. The van der Waals surface area contributed by atoms with E-state index in [1.54, 1.807) is 48.7 Å². The van der Waals surface area contributed by atoms with E-state index >= 15 is 0 Å². The number of unbranched alkanes of at least 4 members (excludes halogenated alkanes) is 2. The lowest BCUT2D eigenvalue weighted by atomic mass is 10.1. The van der Waals surface area contributed by atoms with Gasteiger partial charge in [0.05, 0.1) is 6.61 Å². The van der Waals surface area contributed by atoms with Crippen LogP contribution in [-0.4, -0.2) is 44.4 Å². The highest BCUT2D eigenvalue weighted by Crippen LogP contribution is 2.32. The Kier molecular flexibility index (Phi) is 8.59. The maximum atomic E-state index is 13.9. The monoisotopic (exact) mass is 509 g/mol. The molecule has 0 atom stereocenters. The number of carbonyl (C=O) groups is 1. The molecule has 0 aliphatic heterocycles. The van der Waals surface area contributed by atoms with E-state index in [1.165, 1.54) is 6.07 Å². The second kappa shape index (κ2) is 12.2. The van der Waals surface area contributed by atoms with Crippen molar-refractivity contribution in [1.82, 2.24) is 20.2 Å². The van der Waals surface area contributed by atoms with Crippen LogP contribution in [0.3, 0.4) is 0 Å². The number of amides is 1. The van der Waals surface area contributed by atoms with Crippen LogP contribution in [0.1, 0.15) is 41.3 Å². The molecule has 10 heteroatoms. The van der Waals surface area contributed by atoms with Gasteiger partial charge >= 0.3 is 0 Å². The number of nitrogens with zero attached hydrogens (tertiary/aromatic N) is 3. The van der Waals surface area contributed by atoms with Crippen LogP contribution in [0.25, 0.3) is 11.1 Å². The van der Waals surface area contributed by atoms with Gasteiger partial charge in [-0.1, -0.05) is 29.8 Å². The summed E-state index contributed by atoms with van der Waals surface area (Å²) in [6.07, 6.45) is 4.22. The summed E-state index contributed by atoms with van der Waals surface area (Å²) in [5, 5.41) is 19.9. The molecule has 0 fully saturated rings. The Bertz CT molecular complexity index is 1330. The van der Waals surface area contributed by atoms with E-state index in [4.69, 9.17) is 21.4 Å². The summed E-state index contributed by atoms with van der Waals surface area (Å²) in [6.45, 7) is 0.714. The standard InChI is InChI=1S/C26H25ClFN5O3/c27-21-9-8-19(36-13-5-1-4-12-34)16-20(21)17-10-11-29-23(14-17)31-26(35)25-30-24(32-33-25)15-18-6-2-3-7-22(18)28/h2-3,6-11,14,16,34H,1,4-5,12-13,15H2,(H,29,31,35)(H,30,32,33). The molecule has 4 aromatic rings. The summed E-state index contributed by atoms with van der Waals surface area (Å²) in [5.41, 5.74) is 1.92. The molecule has 0 unspecified atom stereocenters. The molecule has 3 N–H and O–H groups in total. The first-order chi connectivity index (χ1) is 17.5. The van der Waals surface area contributed by atoms with E-state index in [9.17, 15) is 9.18 Å². The van der Waals surface area contributed by atoms with Crippen LogP contribution in [0.4, 0.5) is 10.2 Å². The van der Waals surface area contributed by atoms with E-state index in [0.717, 1.165) is 30.4 Å². The van der Waals surface area contributed by atoms with Crippen LogP contribution in [0.15, 0.2) is 60.8 Å². The Morgan fingerprint density at radius 3 is 2.78 bits per heavy atom. The maximum absolute atomic E-state index is 13.9. The average Bonchev–Trinajstić information content (AvgIpc) is 3.35. The number of rotatable bonds is 11. The lowest BCUT2D eigenvalue weighted by molar-refractivity contribution is 0.101. The van der Waals surface area contributed by atoms with Crippen molar-refractivity contribution in [1.29, 1.82) is 0 Å². The van der Waals surface area contributed by atoms with Crippen molar-refractivity contribution in [3.05, 3.63) is 88.8 Å². The van der Waals surface area contributed by atoms with Gasteiger partial charge in [0, 0.05) is 29.8 Å². The number of benzene rings is 2. The summed E-state index contributed by atoms with van der Waals surface area (Å²) in [5.74, 6) is 0.449. The molecule has 0 saturated heterocycles. The van der Waals surface area contributed by atoms with Crippen molar-refractivity contribution in [3.63, 3.8) is 0 Å². The number of aliphatic hydroxyl groups is 1. The van der Waals surface area contributed by atoms with Gasteiger partial charge in [0.1, 0.15) is 23.2 Å². The Hall–Kier alpha value is -3.82. The predicted molar refractivity (Wildman–Crippen MR) is 135 cm³/mol. The zero-order valence-corrected chi connectivity index (χ0v) is 20.1. The van der Waals surface area contributed by atoms with Gasteiger partial charge < -0.3 is 20.1 Å². The van der Waals surface area contributed by atoms with Crippen molar-refractivity contribution >= 4 is 23.3 Å². The summed E-state index contributed by atoms with van der Waals surface area (Å²) in [4.78, 5) is 19.7. The summed E-state index contributed by atoms with van der Waals surface area (Å²) in [7, 11) is 0. The van der Waals surface area contributed by atoms with Crippen LogP contribution in [0.5, 0.6) is 5.75 Å². The molecule has 0 bridgehead atoms. The maximum Gasteiger partial charge on any atom is 0.294 e. The number of hydrogen-bond acceptors (Lipinski definition) is 6. The molecular formula is C26H25ClFN5O3. The Balaban J connectivity index is 1.42. The quantitative estimate of drug-likeness (QED) is 0.244. The molecule has 8 nitrogen and oxygen atoms in total. The zero-order chi connectivity index (χ0) is 25.3. The van der Waals surface area contributed by atoms with Gasteiger partial charge in [-0.15, -0.1) is 10.2 Å². The largest absolute Gasteiger partial charge is 0.494 e. The first-order valence-corrected chi connectivity index (χ1v) is 11.9. The third kappa shape index (κ3) is 6.65. The molecule has 2 heterocycles. The molecule has 4 rings (SSSR count). The number of H-pyrrole nitrogens is 1. The number of nitrogens with one attached hydrogen (secondary N) is 2. The topological polar surface area (TPSA) is 113 Å². The molecule has 186 valence electrons. The van der Waals surface area contributed by atoms with Crippen molar-refractivity contribution in [2.75, 3.05) is 18.5 Å². The van der Waals surface area contributed by atoms with Gasteiger partial charge in [-0.3, -0.25) is 4.79 Å². The second-order valence-corrected chi connectivity index (χ2v) is 8.45. The highest BCUT2D eigenvalue weighted by atomic mass is 35.5. The molecule has 0 radical (unpaired) electrons. The van der Waals surface area contributed by atoms with Crippen molar-refractivity contribution in [2.24, 2.45) is 0 Å². The number of carbonyl (C=O) groups excluding carboxylic acids is 1. The van der Waals surface area contributed by atoms with Gasteiger partial charge in [0.15, 0.2) is 0 Å². The normalized spacial score (nSPS) is 10.9. The highest BCUT2D eigenvalue weighted by Gasteiger charge is 2.15. The molecule has 0 saturated carbocycles. The second-order valence-electron chi connectivity index (χ2n) is 8.05. The number of halogens is 2. The SMILES string of the molecule is O=C(Nc1cc(-c2cc(OCCCCCO)ccc2Cl)ccn1)c1nnc(Cc2ccccc2F)[nH]1. The van der Waals surface area contributed by atoms with Gasteiger partial charge in [-0.25, -0.2) is 9.37 Å². The van der Waals surface area contributed by atoms with E-state index < -0.39 is 5.91 Å². The third-order valence-corrected chi connectivity index (χ3v) is 5.72. The lowest BCUT2D eigenvalue weighted by Gasteiger charge is -2.11. The molecule has 36 heavy (non-hydrogen) atoms. The number of anilines is 1. The number of hydrogen-bond donors (Lipinski definition) is 3. The molecule has 0 aliphatic carbocycles. The Labute approximate surface area is 212 Å². The first kappa shape index (κ1) is 25.3. The molecule has 2 aromatic heterocycles. The lowest BCUT2D eigenvalue weighted by Crippen LogP contribution is -2.14. The Morgan fingerprint density at radius 1 is 1.08 bits per heavy atom. The fourth-order valence-electron chi connectivity index (χ4n) is 3.54. The summed E-state index contributed by atoms with van der Waals surface area (Å²) >= 11 is 6.43. The molecule has 0 aliphatic rings. The minimum absolute atomic E-state index is 0.0110. The number of aliphatic hydroxyl groups excluding tert-OH is 1. The van der Waals surface area contributed by atoms with Crippen LogP contribution in [0, 0.1) is 5.82 Å². The van der Waals surface area contributed by atoms with Crippen LogP contribution in [-0.2, 0) is 6.42 Å². The highest BCUT2D eigenvalue weighted by molar-refractivity contribution is 6.33. The van der Waals surface area contributed by atoms with Crippen LogP contribution in [0.2, 0.25) is 5.02 Å². The minimum Gasteiger partial charge on any atom is -0.494 e. The third-order valence-electron chi connectivity index (χ3n) is 5.39. The minimum atomic E-state index is -0.530. The van der Waals surface area contributed by atoms with E-state index in [1.807, 2.05) is 6.07 Å². The van der Waals surface area contributed by atoms with Gasteiger partial charge in [0.2, 0.25) is 5.82 Å². The fraction of sp³-hybridized carbons (Fsp3) is 0.231. The number of pyridine rings is 1. The van der Waals surface area contributed by atoms with Gasteiger partial charge in [0.25, 0.3) is 5.91 Å². The van der Waals surface area contributed by atoms with Gasteiger partial charge in [-0.2, -0.15) is 0 Å². The fourth-order valence-corrected chi connectivity index (χ4v) is 3.77. The van der Waals surface area contributed by atoms with Crippen LogP contribution < -0.4 is 10.1 Å². The molecule has 2 aromatic carbocycles. The van der Waals surface area contributed by atoms with E-state index in [0.29, 0.717) is 34.6 Å². The average molecular weight is 510 g/mol. The molecule has 0 spiro atoms. The van der Waals surface area contributed by atoms with E-state index in [2.05, 4.69) is 25.5 Å². The predicted octanol–water partition coefficient (Wildman–Crippen LogP) is 5.04.